The van der Waals surface area contributed by atoms with Crippen molar-refractivity contribution in [1.29, 1.82) is 0 Å². The molecule has 0 saturated heterocycles. The van der Waals surface area contributed by atoms with E-state index in [1.807, 2.05) is 18.7 Å². The summed E-state index contributed by atoms with van der Waals surface area (Å²) in [5.41, 5.74) is 2.71. The van der Waals surface area contributed by atoms with Gasteiger partial charge in [0.25, 0.3) is 0 Å². The number of rotatable bonds is 1. The van der Waals surface area contributed by atoms with Gasteiger partial charge in [-0.05, 0) is 30.9 Å². The van der Waals surface area contributed by atoms with E-state index in [0.717, 1.165) is 6.42 Å². The first-order valence-corrected chi connectivity index (χ1v) is 4.63. The van der Waals surface area contributed by atoms with Gasteiger partial charge >= 0.3 is 0 Å². The van der Waals surface area contributed by atoms with Crippen molar-refractivity contribution >= 4 is 5.70 Å². The van der Waals surface area contributed by atoms with Crippen LogP contribution in [-0.2, 0) is 0 Å². The lowest BCUT2D eigenvalue weighted by Crippen LogP contribution is -2.03. The van der Waals surface area contributed by atoms with Crippen molar-refractivity contribution in [2.24, 2.45) is 5.92 Å². The Bertz CT molecular complexity index is 344. The maximum Gasteiger partial charge on any atom is 0.0991 e. The molecule has 1 unspecified atom stereocenters. The van der Waals surface area contributed by atoms with Gasteiger partial charge in [0.05, 0.1) is 6.33 Å². The van der Waals surface area contributed by atoms with E-state index in [4.69, 9.17) is 0 Å². The summed E-state index contributed by atoms with van der Waals surface area (Å²) < 4.78 is 2.07. The van der Waals surface area contributed by atoms with Crippen LogP contribution in [0.4, 0.5) is 0 Å². The van der Waals surface area contributed by atoms with Gasteiger partial charge in [0, 0.05) is 18.1 Å². The highest BCUT2D eigenvalue weighted by Gasteiger charge is 2.10. The molecule has 2 rings (SSSR count). The molecule has 0 spiro atoms. The summed E-state index contributed by atoms with van der Waals surface area (Å²) >= 11 is 0. The second-order valence-electron chi connectivity index (χ2n) is 3.68. The minimum Gasteiger partial charge on any atom is -0.306 e. The van der Waals surface area contributed by atoms with Gasteiger partial charge in [-0.25, -0.2) is 4.98 Å². The number of hydrogen-bond acceptors (Lipinski definition) is 1. The standard InChI is InChI=1S/C11H14N2/c1-9-3-4-11(10(2)7-9)13-6-5-12-8-13/h3-6,8-9H,7H2,1-2H3. The van der Waals surface area contributed by atoms with Crippen molar-refractivity contribution in [2.45, 2.75) is 20.3 Å². The predicted molar refractivity (Wildman–Crippen MR) is 54.0 cm³/mol. The summed E-state index contributed by atoms with van der Waals surface area (Å²) in [4.78, 5) is 4.05. The smallest absolute Gasteiger partial charge is 0.0991 e. The zero-order valence-electron chi connectivity index (χ0n) is 8.07. The summed E-state index contributed by atoms with van der Waals surface area (Å²) in [6.07, 6.45) is 11.2. The maximum absolute atomic E-state index is 4.05. The molecule has 2 heteroatoms. The van der Waals surface area contributed by atoms with E-state index in [0.29, 0.717) is 5.92 Å². The van der Waals surface area contributed by atoms with Gasteiger partial charge in [-0.1, -0.05) is 13.0 Å². The molecule has 13 heavy (non-hydrogen) atoms. The monoisotopic (exact) mass is 174 g/mol. The third-order valence-corrected chi connectivity index (χ3v) is 2.43. The minimum atomic E-state index is 0.673. The lowest BCUT2D eigenvalue weighted by atomic mass is 9.95. The highest BCUT2D eigenvalue weighted by atomic mass is 15.0. The average molecular weight is 174 g/mol. The number of nitrogens with zero attached hydrogens (tertiary/aromatic N) is 2. The number of hydrogen-bond donors (Lipinski definition) is 0. The summed E-state index contributed by atoms with van der Waals surface area (Å²) in [6.45, 7) is 4.43. The van der Waals surface area contributed by atoms with Crippen LogP contribution < -0.4 is 0 Å². The van der Waals surface area contributed by atoms with E-state index in [9.17, 15) is 0 Å². The molecule has 68 valence electrons. The highest BCUT2D eigenvalue weighted by Crippen LogP contribution is 2.25. The Morgan fingerprint density at radius 2 is 2.38 bits per heavy atom. The first kappa shape index (κ1) is 8.30. The number of imidazole rings is 1. The van der Waals surface area contributed by atoms with Crippen molar-refractivity contribution in [3.05, 3.63) is 36.4 Å². The predicted octanol–water partition coefficient (Wildman–Crippen LogP) is 2.71. The summed E-state index contributed by atoms with van der Waals surface area (Å²) in [5.74, 6) is 0.673. The third-order valence-electron chi connectivity index (χ3n) is 2.43. The molecule has 1 aliphatic rings. The lowest BCUT2D eigenvalue weighted by Gasteiger charge is -2.17. The molecule has 1 atom stereocenters. The molecule has 0 aromatic carbocycles. The molecule has 2 nitrogen and oxygen atoms in total. The molecule has 0 radical (unpaired) electrons. The van der Waals surface area contributed by atoms with Crippen LogP contribution in [0, 0.1) is 5.92 Å². The molecule has 0 bridgehead atoms. The topological polar surface area (TPSA) is 17.8 Å². The molecule has 1 aromatic heterocycles. The van der Waals surface area contributed by atoms with Gasteiger partial charge in [-0.3, -0.25) is 0 Å². The molecular weight excluding hydrogens is 160 g/mol. The van der Waals surface area contributed by atoms with Crippen LogP contribution in [-0.4, -0.2) is 9.55 Å². The zero-order chi connectivity index (χ0) is 9.26. The molecular formula is C11H14N2. The van der Waals surface area contributed by atoms with Gasteiger partial charge in [0.15, 0.2) is 0 Å². The second kappa shape index (κ2) is 3.21. The van der Waals surface area contributed by atoms with Gasteiger partial charge < -0.3 is 4.57 Å². The SMILES string of the molecule is CC1=C(n2ccnc2)C=CC(C)C1. The average Bonchev–Trinajstić information content (AvgIpc) is 2.56. The molecule has 1 aromatic rings. The van der Waals surface area contributed by atoms with Gasteiger partial charge in [-0.2, -0.15) is 0 Å². The Kier molecular flexibility index (Phi) is 2.05. The molecule has 0 amide bonds. The molecule has 0 aliphatic heterocycles. The molecule has 0 saturated carbocycles. The van der Waals surface area contributed by atoms with E-state index < -0.39 is 0 Å². The van der Waals surface area contributed by atoms with Crippen molar-refractivity contribution < 1.29 is 0 Å². The third kappa shape index (κ3) is 1.57. The van der Waals surface area contributed by atoms with Crippen LogP contribution in [0.25, 0.3) is 5.70 Å². The minimum absolute atomic E-state index is 0.673. The van der Waals surface area contributed by atoms with Gasteiger partial charge in [0.2, 0.25) is 0 Å². The zero-order valence-corrected chi connectivity index (χ0v) is 8.07. The molecule has 1 heterocycles. The van der Waals surface area contributed by atoms with Gasteiger partial charge in [0.1, 0.15) is 0 Å². The Morgan fingerprint density at radius 1 is 1.54 bits per heavy atom. The lowest BCUT2D eigenvalue weighted by molar-refractivity contribution is 0.704. The second-order valence-corrected chi connectivity index (χ2v) is 3.68. The largest absolute Gasteiger partial charge is 0.306 e. The molecule has 0 fully saturated rings. The Morgan fingerprint density at radius 3 is 3.00 bits per heavy atom. The first-order valence-electron chi connectivity index (χ1n) is 4.63. The van der Waals surface area contributed by atoms with E-state index in [1.54, 1.807) is 0 Å². The summed E-state index contributed by atoms with van der Waals surface area (Å²) in [7, 11) is 0. The van der Waals surface area contributed by atoms with Crippen LogP contribution in [0.1, 0.15) is 20.3 Å². The Labute approximate surface area is 78.6 Å². The Hall–Kier alpha value is -1.31. The van der Waals surface area contributed by atoms with E-state index in [1.165, 1.54) is 11.3 Å². The molecule has 0 N–H and O–H groups in total. The van der Waals surface area contributed by atoms with Crippen LogP contribution >= 0.6 is 0 Å². The highest BCUT2D eigenvalue weighted by molar-refractivity contribution is 5.62. The van der Waals surface area contributed by atoms with Crippen LogP contribution in [0.2, 0.25) is 0 Å². The maximum atomic E-state index is 4.05. The summed E-state index contributed by atoms with van der Waals surface area (Å²) in [5, 5.41) is 0. The van der Waals surface area contributed by atoms with Crippen LogP contribution in [0.3, 0.4) is 0 Å². The van der Waals surface area contributed by atoms with Crippen LogP contribution in [0.15, 0.2) is 36.4 Å². The van der Waals surface area contributed by atoms with Crippen LogP contribution in [0.5, 0.6) is 0 Å². The number of aromatic nitrogens is 2. The number of allylic oxidation sites excluding steroid dienone is 4. The van der Waals surface area contributed by atoms with Crippen molar-refractivity contribution in [2.75, 3.05) is 0 Å². The fraction of sp³-hybridized carbons (Fsp3) is 0.364. The quantitative estimate of drug-likeness (QED) is 0.640. The Balaban J connectivity index is 2.35. The van der Waals surface area contributed by atoms with Crippen molar-refractivity contribution in [3.8, 4) is 0 Å². The van der Waals surface area contributed by atoms with E-state index in [-0.39, 0.29) is 0 Å². The normalized spacial score (nSPS) is 22.5. The van der Waals surface area contributed by atoms with Gasteiger partial charge in [-0.15, -0.1) is 0 Å². The fourth-order valence-electron chi connectivity index (χ4n) is 1.76. The van der Waals surface area contributed by atoms with E-state index >= 15 is 0 Å². The van der Waals surface area contributed by atoms with E-state index in [2.05, 4.69) is 35.6 Å². The summed E-state index contributed by atoms with van der Waals surface area (Å²) in [6, 6.07) is 0. The van der Waals surface area contributed by atoms with Crippen molar-refractivity contribution in [3.63, 3.8) is 0 Å². The van der Waals surface area contributed by atoms with Crippen molar-refractivity contribution in [1.82, 2.24) is 9.55 Å². The molecule has 1 aliphatic carbocycles. The fourth-order valence-corrected chi connectivity index (χ4v) is 1.76. The first-order chi connectivity index (χ1) is 6.27.